The van der Waals surface area contributed by atoms with Crippen LogP contribution in [0.5, 0.6) is 0 Å². The molecule has 2 rings (SSSR count). The van der Waals surface area contributed by atoms with Crippen molar-refractivity contribution in [1.29, 1.82) is 0 Å². The van der Waals surface area contributed by atoms with Gasteiger partial charge in [-0.05, 0) is 50.5 Å². The third kappa shape index (κ3) is 5.18. The maximum absolute atomic E-state index is 11.4. The second-order valence-electron chi connectivity index (χ2n) is 8.00. The first kappa shape index (κ1) is 21.1. The van der Waals surface area contributed by atoms with Crippen molar-refractivity contribution in [3.63, 3.8) is 0 Å². The Kier molecular flexibility index (Phi) is 7.44. The number of aliphatic hydroxyl groups excluding tert-OH is 2. The summed E-state index contributed by atoms with van der Waals surface area (Å²) >= 11 is 0. The Labute approximate surface area is 156 Å². The summed E-state index contributed by atoms with van der Waals surface area (Å²) < 4.78 is 4.81. The molecule has 0 aromatic heterocycles. The highest BCUT2D eigenvalue weighted by Gasteiger charge is 2.45. The van der Waals surface area contributed by atoms with E-state index >= 15 is 0 Å². The molecule has 0 aromatic rings. The number of carbonyl (C=O) groups is 1. The van der Waals surface area contributed by atoms with Crippen molar-refractivity contribution >= 4 is 5.97 Å². The summed E-state index contributed by atoms with van der Waals surface area (Å²) in [5, 5.41) is 31.6. The Balaban J connectivity index is 1.91. The summed E-state index contributed by atoms with van der Waals surface area (Å²) in [5.41, 5.74) is 0.342. The van der Waals surface area contributed by atoms with Crippen molar-refractivity contribution in [3.8, 4) is 0 Å². The predicted molar refractivity (Wildman–Crippen MR) is 100 cm³/mol. The molecule has 148 valence electrons. The Hall–Kier alpha value is -1.17. The molecule has 0 unspecified atom stereocenters. The van der Waals surface area contributed by atoms with Crippen LogP contribution in [-0.4, -0.2) is 45.7 Å². The molecule has 2 aliphatic rings. The molecule has 0 saturated carbocycles. The molecule has 0 heterocycles. The van der Waals surface area contributed by atoms with E-state index in [1.807, 2.05) is 6.92 Å². The monoisotopic (exact) mass is 366 g/mol. The predicted octanol–water partition coefficient (Wildman–Crippen LogP) is 2.74. The van der Waals surface area contributed by atoms with Gasteiger partial charge in [-0.25, -0.2) is 0 Å². The molecule has 0 saturated heterocycles. The molecule has 0 aromatic carbocycles. The summed E-state index contributed by atoms with van der Waals surface area (Å²) in [6.07, 6.45) is 7.67. The van der Waals surface area contributed by atoms with Crippen molar-refractivity contribution < 1.29 is 24.9 Å². The first-order chi connectivity index (χ1) is 12.3. The second-order valence-corrected chi connectivity index (χ2v) is 8.00. The fraction of sp³-hybridized carbons (Fsp3) is 0.762. The topological polar surface area (TPSA) is 87.0 Å². The maximum Gasteiger partial charge on any atom is 0.308 e. The molecule has 5 heteroatoms. The van der Waals surface area contributed by atoms with Crippen molar-refractivity contribution in [2.75, 3.05) is 6.61 Å². The number of aliphatic hydroxyl groups is 3. The van der Waals surface area contributed by atoms with Gasteiger partial charge in [-0.15, -0.1) is 0 Å². The normalized spacial score (nSPS) is 33.2. The van der Waals surface area contributed by atoms with E-state index in [9.17, 15) is 20.1 Å². The summed E-state index contributed by atoms with van der Waals surface area (Å²) in [4.78, 5) is 11.4. The highest BCUT2D eigenvalue weighted by Crippen LogP contribution is 2.46. The van der Waals surface area contributed by atoms with Crippen LogP contribution in [0.25, 0.3) is 0 Å². The SMILES string of the molecule is CCOC(=O)C[C@H](O)C[C@H](O)CC[C@@]1(O)[C@@H](C)C=CC2=C[C@H](C)CC[C@@H]21. The van der Waals surface area contributed by atoms with Crippen LogP contribution in [0.4, 0.5) is 0 Å². The number of ether oxygens (including phenoxy) is 1. The lowest BCUT2D eigenvalue weighted by Gasteiger charge is -2.46. The molecule has 3 N–H and O–H groups in total. The molecule has 0 aliphatic heterocycles. The first-order valence-electron chi connectivity index (χ1n) is 9.90. The van der Waals surface area contributed by atoms with Gasteiger partial charge in [0.25, 0.3) is 0 Å². The van der Waals surface area contributed by atoms with E-state index in [1.54, 1.807) is 6.92 Å². The van der Waals surface area contributed by atoms with Gasteiger partial charge in [0.2, 0.25) is 0 Å². The minimum atomic E-state index is -0.923. The van der Waals surface area contributed by atoms with Crippen LogP contribution in [0, 0.1) is 17.8 Å². The van der Waals surface area contributed by atoms with E-state index in [1.165, 1.54) is 5.57 Å². The Morgan fingerprint density at radius 2 is 2.04 bits per heavy atom. The van der Waals surface area contributed by atoms with Gasteiger partial charge in [0.15, 0.2) is 0 Å². The van der Waals surface area contributed by atoms with Gasteiger partial charge >= 0.3 is 5.97 Å². The summed E-state index contributed by atoms with van der Waals surface area (Å²) in [7, 11) is 0. The van der Waals surface area contributed by atoms with E-state index in [-0.39, 0.29) is 31.3 Å². The number of fused-ring (bicyclic) bond motifs is 1. The highest BCUT2D eigenvalue weighted by molar-refractivity contribution is 5.69. The number of allylic oxidation sites excluding steroid dienone is 2. The van der Waals surface area contributed by atoms with Gasteiger partial charge in [0, 0.05) is 11.8 Å². The third-order valence-electron chi connectivity index (χ3n) is 5.89. The van der Waals surface area contributed by atoms with Crippen LogP contribution < -0.4 is 0 Å². The van der Waals surface area contributed by atoms with Crippen molar-refractivity contribution in [1.82, 2.24) is 0 Å². The zero-order valence-electron chi connectivity index (χ0n) is 16.2. The quantitative estimate of drug-likeness (QED) is 0.575. The number of carbonyl (C=O) groups excluding carboxylic acids is 1. The van der Waals surface area contributed by atoms with Gasteiger partial charge in [-0.2, -0.15) is 0 Å². The van der Waals surface area contributed by atoms with Gasteiger partial charge in [-0.3, -0.25) is 4.79 Å². The average molecular weight is 366 g/mol. The average Bonchev–Trinajstić information content (AvgIpc) is 2.56. The maximum atomic E-state index is 11.4. The van der Waals surface area contributed by atoms with Crippen LogP contribution in [0.3, 0.4) is 0 Å². The Morgan fingerprint density at radius 1 is 1.31 bits per heavy atom. The fourth-order valence-electron chi connectivity index (χ4n) is 4.30. The summed E-state index contributed by atoms with van der Waals surface area (Å²) in [6.45, 7) is 6.22. The van der Waals surface area contributed by atoms with Crippen LogP contribution in [0.15, 0.2) is 23.8 Å². The van der Waals surface area contributed by atoms with Gasteiger partial charge in [0.05, 0.1) is 30.8 Å². The standard InChI is InChI=1S/C21H34O5/c1-4-26-20(24)13-18(23)12-17(22)9-10-21(25)15(3)6-7-16-11-14(2)5-8-19(16)21/h6-7,11,14-15,17-19,22-23,25H,4-5,8-10,12-13H2,1-3H3/t14-,15+,17-,18-,19+,21-/m1/s1. The molecule has 0 fully saturated rings. The fourth-order valence-corrected chi connectivity index (χ4v) is 4.30. The lowest BCUT2D eigenvalue weighted by Crippen LogP contribution is -2.47. The number of esters is 1. The van der Waals surface area contributed by atoms with Gasteiger partial charge < -0.3 is 20.1 Å². The molecule has 0 radical (unpaired) electrons. The van der Waals surface area contributed by atoms with Crippen LogP contribution in [0.1, 0.15) is 59.3 Å². The largest absolute Gasteiger partial charge is 0.466 e. The van der Waals surface area contributed by atoms with Crippen molar-refractivity contribution in [2.45, 2.75) is 77.1 Å². The van der Waals surface area contributed by atoms with E-state index in [2.05, 4.69) is 25.2 Å². The molecular formula is C21H34O5. The van der Waals surface area contributed by atoms with Crippen molar-refractivity contribution in [3.05, 3.63) is 23.8 Å². The van der Waals surface area contributed by atoms with E-state index < -0.39 is 23.8 Å². The molecule has 0 amide bonds. The highest BCUT2D eigenvalue weighted by atomic mass is 16.5. The Bertz CT molecular complexity index is 541. The molecular weight excluding hydrogens is 332 g/mol. The number of rotatable bonds is 8. The minimum absolute atomic E-state index is 0.0229. The van der Waals surface area contributed by atoms with Crippen molar-refractivity contribution in [2.24, 2.45) is 17.8 Å². The van der Waals surface area contributed by atoms with Crippen LogP contribution >= 0.6 is 0 Å². The number of hydrogen-bond donors (Lipinski definition) is 3. The lowest BCUT2D eigenvalue weighted by atomic mass is 9.63. The zero-order chi connectivity index (χ0) is 19.3. The smallest absolute Gasteiger partial charge is 0.308 e. The third-order valence-corrected chi connectivity index (χ3v) is 5.89. The second kappa shape index (κ2) is 9.16. The molecule has 2 aliphatic carbocycles. The lowest BCUT2D eigenvalue weighted by molar-refractivity contribution is -0.145. The molecule has 0 bridgehead atoms. The molecule has 0 spiro atoms. The Morgan fingerprint density at radius 3 is 2.73 bits per heavy atom. The zero-order valence-corrected chi connectivity index (χ0v) is 16.2. The molecule has 26 heavy (non-hydrogen) atoms. The molecule has 5 nitrogen and oxygen atoms in total. The minimum Gasteiger partial charge on any atom is -0.466 e. The van der Waals surface area contributed by atoms with Gasteiger partial charge in [-0.1, -0.05) is 32.1 Å². The van der Waals surface area contributed by atoms with E-state index in [0.717, 1.165) is 12.8 Å². The summed E-state index contributed by atoms with van der Waals surface area (Å²) in [5.74, 6) is 0.209. The van der Waals surface area contributed by atoms with E-state index in [4.69, 9.17) is 4.74 Å². The van der Waals surface area contributed by atoms with Gasteiger partial charge in [0.1, 0.15) is 0 Å². The van der Waals surface area contributed by atoms with Crippen LogP contribution in [0.2, 0.25) is 0 Å². The summed E-state index contributed by atoms with van der Waals surface area (Å²) in [6, 6.07) is 0. The number of hydrogen-bond acceptors (Lipinski definition) is 5. The first-order valence-corrected chi connectivity index (χ1v) is 9.90. The molecule has 6 atom stereocenters. The van der Waals surface area contributed by atoms with Crippen LogP contribution in [-0.2, 0) is 9.53 Å². The van der Waals surface area contributed by atoms with E-state index in [0.29, 0.717) is 18.8 Å².